The molecule has 0 aliphatic rings. The molecule has 1 aromatic heterocycles. The normalized spacial score (nSPS) is 12.0. The first-order valence-electron chi connectivity index (χ1n) is 6.69. The van der Waals surface area contributed by atoms with Crippen molar-refractivity contribution in [1.82, 2.24) is 9.78 Å². The van der Waals surface area contributed by atoms with E-state index in [9.17, 15) is 0 Å². The topological polar surface area (TPSA) is 39.4 Å². The van der Waals surface area contributed by atoms with E-state index >= 15 is 0 Å². The molecule has 5 heteroatoms. The zero-order chi connectivity index (χ0) is 14.6. The molecule has 1 aromatic carbocycles. The van der Waals surface area contributed by atoms with Crippen LogP contribution in [0.3, 0.4) is 0 Å². The lowest BCUT2D eigenvalue weighted by atomic mass is 10.2. The van der Waals surface area contributed by atoms with Gasteiger partial charge in [-0.25, -0.2) is 0 Å². The van der Waals surface area contributed by atoms with Gasteiger partial charge in [0, 0.05) is 30.6 Å². The number of aryl methyl sites for hydroxylation is 1. The summed E-state index contributed by atoms with van der Waals surface area (Å²) in [5.74, 6) is 0.954. The predicted molar refractivity (Wildman–Crippen MR) is 84.9 cm³/mol. The molecule has 106 valence electrons. The summed E-state index contributed by atoms with van der Waals surface area (Å²) in [5.41, 5.74) is 2.13. The van der Waals surface area contributed by atoms with Gasteiger partial charge in [-0.1, -0.05) is 18.2 Å². The van der Waals surface area contributed by atoms with Crippen LogP contribution in [0.5, 0.6) is 5.75 Å². The third-order valence-corrected chi connectivity index (χ3v) is 3.45. The number of hydrogen-bond acceptors (Lipinski definition) is 3. The lowest BCUT2D eigenvalue weighted by Gasteiger charge is -2.21. The molecule has 2 aromatic rings. The fourth-order valence-corrected chi connectivity index (χ4v) is 2.68. The molecule has 0 radical (unpaired) electrons. The van der Waals surface area contributed by atoms with Crippen molar-refractivity contribution >= 4 is 14.5 Å². The highest BCUT2D eigenvalue weighted by molar-refractivity contribution is 6.70. The Balaban J connectivity index is 2.07. The molecule has 0 amide bonds. The summed E-state index contributed by atoms with van der Waals surface area (Å²) < 4.78 is 7.86. The molecule has 0 unspecified atom stereocenters. The van der Waals surface area contributed by atoms with Crippen LogP contribution in [0.25, 0.3) is 0 Å². The van der Waals surface area contributed by atoms with Crippen molar-refractivity contribution in [3.05, 3.63) is 47.8 Å². The molecule has 2 rings (SSSR count). The van der Waals surface area contributed by atoms with E-state index < -0.39 is 8.32 Å². The Hall–Kier alpha value is -1.88. The van der Waals surface area contributed by atoms with Gasteiger partial charge in [0.2, 0.25) is 8.32 Å². The van der Waals surface area contributed by atoms with E-state index in [1.165, 1.54) is 0 Å². The summed E-state index contributed by atoms with van der Waals surface area (Å²) in [6, 6.07) is 8.11. The smallest absolute Gasteiger partial charge is 0.242 e. The van der Waals surface area contributed by atoms with Crippen molar-refractivity contribution in [2.24, 2.45) is 12.0 Å². The van der Waals surface area contributed by atoms with E-state index in [2.05, 4.69) is 35.8 Å². The minimum atomic E-state index is -1.59. The number of nitrogens with zero attached hydrogens (tertiary/aromatic N) is 3. The summed E-state index contributed by atoms with van der Waals surface area (Å²) in [4.78, 5) is 4.47. The van der Waals surface area contributed by atoms with Gasteiger partial charge in [0.25, 0.3) is 0 Å². The second kappa shape index (κ2) is 6.05. The van der Waals surface area contributed by atoms with E-state index in [-0.39, 0.29) is 0 Å². The van der Waals surface area contributed by atoms with Crippen molar-refractivity contribution < 1.29 is 4.43 Å². The SMILES string of the molecule is Cn1cc(C=NCc2ccccc2O[Si](C)(C)C)cn1. The van der Waals surface area contributed by atoms with Crippen LogP contribution in [0.15, 0.2) is 41.7 Å². The highest BCUT2D eigenvalue weighted by Gasteiger charge is 2.17. The molecule has 0 aliphatic carbocycles. The minimum absolute atomic E-state index is 0.621. The quantitative estimate of drug-likeness (QED) is 0.625. The predicted octanol–water partition coefficient (Wildman–Crippen LogP) is 3.25. The summed E-state index contributed by atoms with van der Waals surface area (Å²) >= 11 is 0. The van der Waals surface area contributed by atoms with E-state index in [0.717, 1.165) is 16.9 Å². The van der Waals surface area contributed by atoms with Crippen molar-refractivity contribution in [2.45, 2.75) is 26.2 Å². The Morgan fingerprint density at radius 3 is 2.70 bits per heavy atom. The van der Waals surface area contributed by atoms with E-state index in [0.29, 0.717) is 6.54 Å². The van der Waals surface area contributed by atoms with Crippen LogP contribution in [0.4, 0.5) is 0 Å². The van der Waals surface area contributed by atoms with Crippen LogP contribution in [0, 0.1) is 0 Å². The van der Waals surface area contributed by atoms with Gasteiger partial charge in [-0.05, 0) is 25.7 Å². The second-order valence-electron chi connectivity index (χ2n) is 5.74. The average Bonchev–Trinajstić information content (AvgIpc) is 2.75. The van der Waals surface area contributed by atoms with Crippen LogP contribution >= 0.6 is 0 Å². The number of hydrogen-bond donors (Lipinski definition) is 0. The van der Waals surface area contributed by atoms with Gasteiger partial charge in [0.15, 0.2) is 0 Å². The number of benzene rings is 1. The standard InChI is InChI=1S/C15H21N3OSi/c1-18-12-13(10-17-18)9-16-11-14-7-5-6-8-15(14)19-20(2,3)4/h5-10,12H,11H2,1-4H3. The average molecular weight is 287 g/mol. The molecule has 0 saturated carbocycles. The number of para-hydroxylation sites is 1. The van der Waals surface area contributed by atoms with Crippen LogP contribution in [-0.2, 0) is 13.6 Å². The monoisotopic (exact) mass is 287 g/mol. The van der Waals surface area contributed by atoms with E-state index in [4.69, 9.17) is 4.43 Å². The summed E-state index contributed by atoms with van der Waals surface area (Å²) in [7, 11) is 0.303. The number of aromatic nitrogens is 2. The van der Waals surface area contributed by atoms with Gasteiger partial charge in [0.1, 0.15) is 5.75 Å². The van der Waals surface area contributed by atoms with Gasteiger partial charge >= 0.3 is 0 Å². The third kappa shape index (κ3) is 4.34. The Kier molecular flexibility index (Phi) is 4.39. The van der Waals surface area contributed by atoms with Crippen LogP contribution in [-0.4, -0.2) is 24.3 Å². The molecule has 0 spiro atoms. The molecule has 20 heavy (non-hydrogen) atoms. The largest absolute Gasteiger partial charge is 0.544 e. The maximum atomic E-state index is 6.09. The molecule has 0 fully saturated rings. The van der Waals surface area contributed by atoms with E-state index in [1.54, 1.807) is 10.9 Å². The van der Waals surface area contributed by atoms with Crippen LogP contribution < -0.4 is 4.43 Å². The zero-order valence-corrected chi connectivity index (χ0v) is 13.5. The van der Waals surface area contributed by atoms with Crippen LogP contribution in [0.1, 0.15) is 11.1 Å². The fraction of sp³-hybridized carbons (Fsp3) is 0.333. The van der Waals surface area contributed by atoms with Crippen molar-refractivity contribution in [1.29, 1.82) is 0 Å². The molecule has 1 heterocycles. The Morgan fingerprint density at radius 1 is 1.30 bits per heavy atom. The molecule has 0 aliphatic heterocycles. The van der Waals surface area contributed by atoms with Gasteiger partial charge in [-0.2, -0.15) is 5.10 Å². The number of aliphatic imine (C=N–C) groups is 1. The van der Waals surface area contributed by atoms with Crippen LogP contribution in [0.2, 0.25) is 19.6 Å². The number of rotatable bonds is 5. The molecular formula is C15H21N3OSi. The first kappa shape index (κ1) is 14.5. The van der Waals surface area contributed by atoms with Gasteiger partial charge in [-0.15, -0.1) is 0 Å². The third-order valence-electron chi connectivity index (χ3n) is 2.62. The molecule has 0 saturated heterocycles. The van der Waals surface area contributed by atoms with Gasteiger partial charge in [-0.3, -0.25) is 9.67 Å². The lowest BCUT2D eigenvalue weighted by molar-refractivity contribution is 0.549. The molecular weight excluding hydrogens is 266 g/mol. The Labute approximate surface area is 121 Å². The molecule has 0 atom stereocenters. The van der Waals surface area contributed by atoms with Crippen molar-refractivity contribution in [3.8, 4) is 5.75 Å². The fourth-order valence-electron chi connectivity index (χ4n) is 1.82. The van der Waals surface area contributed by atoms with Gasteiger partial charge < -0.3 is 4.43 Å². The van der Waals surface area contributed by atoms with E-state index in [1.807, 2.05) is 37.7 Å². The zero-order valence-electron chi connectivity index (χ0n) is 12.5. The summed E-state index contributed by atoms with van der Waals surface area (Å²) in [5, 5.41) is 4.11. The van der Waals surface area contributed by atoms with Crippen molar-refractivity contribution in [2.75, 3.05) is 0 Å². The minimum Gasteiger partial charge on any atom is -0.544 e. The highest BCUT2D eigenvalue weighted by atomic mass is 28.4. The second-order valence-corrected chi connectivity index (χ2v) is 10.2. The maximum Gasteiger partial charge on any atom is 0.242 e. The molecule has 0 N–H and O–H groups in total. The summed E-state index contributed by atoms with van der Waals surface area (Å²) in [6.45, 7) is 7.17. The lowest BCUT2D eigenvalue weighted by Crippen LogP contribution is -2.29. The maximum absolute atomic E-state index is 6.09. The first-order chi connectivity index (χ1) is 9.44. The Morgan fingerprint density at radius 2 is 2.05 bits per heavy atom. The van der Waals surface area contributed by atoms with Crippen molar-refractivity contribution in [3.63, 3.8) is 0 Å². The Bertz CT molecular complexity index is 599. The highest BCUT2D eigenvalue weighted by Crippen LogP contribution is 2.22. The summed E-state index contributed by atoms with van der Waals surface area (Å²) in [6.07, 6.45) is 5.58. The molecule has 0 bridgehead atoms. The van der Waals surface area contributed by atoms with Gasteiger partial charge in [0.05, 0.1) is 12.7 Å². The first-order valence-corrected chi connectivity index (χ1v) is 10.1. The molecule has 4 nitrogen and oxygen atoms in total.